The maximum Gasteiger partial charge on any atom is 0.120 e. The van der Waals surface area contributed by atoms with E-state index in [0.29, 0.717) is 6.04 Å². The van der Waals surface area contributed by atoms with Gasteiger partial charge in [0.15, 0.2) is 0 Å². The van der Waals surface area contributed by atoms with Crippen LogP contribution in [0.25, 0.3) is 0 Å². The fourth-order valence-corrected chi connectivity index (χ4v) is 3.12. The first-order valence-corrected chi connectivity index (χ1v) is 7.11. The van der Waals surface area contributed by atoms with Crippen LogP contribution in [0.2, 0.25) is 0 Å². The third-order valence-corrected chi connectivity index (χ3v) is 4.21. The number of nitrogens with one attached hydrogen (secondary N) is 1. The third kappa shape index (κ3) is 3.12. The van der Waals surface area contributed by atoms with Crippen LogP contribution in [0.4, 0.5) is 0 Å². The molecule has 1 aromatic rings. The fourth-order valence-electron chi connectivity index (χ4n) is 3.12. The largest absolute Gasteiger partial charge is 0.468 e. The predicted molar refractivity (Wildman–Crippen MR) is 70.9 cm³/mol. The zero-order valence-corrected chi connectivity index (χ0v) is 11.1. The Bertz CT molecular complexity index is 299. The van der Waals surface area contributed by atoms with E-state index in [-0.39, 0.29) is 0 Å². The van der Waals surface area contributed by atoms with Crippen molar-refractivity contribution in [2.24, 2.45) is 11.8 Å². The van der Waals surface area contributed by atoms with Gasteiger partial charge in [-0.2, -0.15) is 0 Å². The summed E-state index contributed by atoms with van der Waals surface area (Å²) in [6, 6.07) is 4.53. The molecule has 0 radical (unpaired) electrons. The molecule has 1 saturated carbocycles. The van der Waals surface area contributed by atoms with E-state index in [9.17, 15) is 0 Å². The molecule has 1 fully saturated rings. The average molecular weight is 235 g/mol. The second-order valence-corrected chi connectivity index (χ2v) is 5.24. The maximum atomic E-state index is 5.59. The van der Waals surface area contributed by atoms with E-state index >= 15 is 0 Å². The van der Waals surface area contributed by atoms with Crippen LogP contribution >= 0.6 is 0 Å². The zero-order chi connectivity index (χ0) is 12.1. The van der Waals surface area contributed by atoms with Gasteiger partial charge in [-0.05, 0) is 43.4 Å². The van der Waals surface area contributed by atoms with Crippen molar-refractivity contribution in [1.29, 1.82) is 0 Å². The van der Waals surface area contributed by atoms with E-state index in [4.69, 9.17) is 4.42 Å². The van der Waals surface area contributed by atoms with Crippen molar-refractivity contribution in [3.05, 3.63) is 24.2 Å². The topological polar surface area (TPSA) is 25.2 Å². The van der Waals surface area contributed by atoms with Crippen molar-refractivity contribution >= 4 is 0 Å². The van der Waals surface area contributed by atoms with Gasteiger partial charge in [0.05, 0.1) is 12.3 Å². The SMILES string of the molecule is CCNC(c1ccco1)C1CCC(CC)CC1. The molecule has 2 nitrogen and oxygen atoms in total. The molecule has 0 bridgehead atoms. The Morgan fingerprint density at radius 1 is 1.29 bits per heavy atom. The number of rotatable bonds is 5. The van der Waals surface area contributed by atoms with Gasteiger partial charge in [-0.1, -0.05) is 33.1 Å². The highest BCUT2D eigenvalue weighted by Gasteiger charge is 2.28. The van der Waals surface area contributed by atoms with Gasteiger partial charge in [0.2, 0.25) is 0 Å². The summed E-state index contributed by atoms with van der Waals surface area (Å²) in [5, 5.41) is 3.59. The standard InChI is InChI=1S/C15H25NO/c1-3-12-7-9-13(10-8-12)15(16-4-2)14-6-5-11-17-14/h5-6,11-13,15-16H,3-4,7-10H2,1-2H3. The molecule has 2 rings (SSSR count). The monoisotopic (exact) mass is 235 g/mol. The van der Waals surface area contributed by atoms with E-state index in [0.717, 1.165) is 24.1 Å². The van der Waals surface area contributed by atoms with Gasteiger partial charge in [0.1, 0.15) is 5.76 Å². The number of hydrogen-bond donors (Lipinski definition) is 1. The lowest BCUT2D eigenvalue weighted by molar-refractivity contribution is 0.204. The normalized spacial score (nSPS) is 26.9. The van der Waals surface area contributed by atoms with Crippen LogP contribution < -0.4 is 5.32 Å². The Labute approximate surface area is 105 Å². The smallest absolute Gasteiger partial charge is 0.120 e. The molecular formula is C15H25NO. The Morgan fingerprint density at radius 3 is 2.59 bits per heavy atom. The number of furan rings is 1. The van der Waals surface area contributed by atoms with Crippen LogP contribution in [0.15, 0.2) is 22.8 Å². The van der Waals surface area contributed by atoms with Crippen LogP contribution in [-0.4, -0.2) is 6.54 Å². The molecule has 0 amide bonds. The second-order valence-electron chi connectivity index (χ2n) is 5.24. The minimum absolute atomic E-state index is 0.424. The van der Waals surface area contributed by atoms with Crippen molar-refractivity contribution in [1.82, 2.24) is 5.32 Å². The number of hydrogen-bond acceptors (Lipinski definition) is 2. The highest BCUT2D eigenvalue weighted by molar-refractivity contribution is 5.06. The summed E-state index contributed by atoms with van der Waals surface area (Å²) in [5.74, 6) is 2.83. The summed E-state index contributed by atoms with van der Waals surface area (Å²) in [4.78, 5) is 0. The molecular weight excluding hydrogens is 210 g/mol. The molecule has 1 aliphatic carbocycles. The van der Waals surface area contributed by atoms with Gasteiger partial charge in [-0.25, -0.2) is 0 Å². The van der Waals surface area contributed by atoms with Gasteiger partial charge >= 0.3 is 0 Å². The van der Waals surface area contributed by atoms with Gasteiger partial charge in [0.25, 0.3) is 0 Å². The lowest BCUT2D eigenvalue weighted by Gasteiger charge is -2.33. The summed E-state index contributed by atoms with van der Waals surface area (Å²) in [6.07, 6.45) is 8.61. The van der Waals surface area contributed by atoms with Gasteiger partial charge in [0, 0.05) is 0 Å². The highest BCUT2D eigenvalue weighted by atomic mass is 16.3. The molecule has 1 aliphatic rings. The third-order valence-electron chi connectivity index (χ3n) is 4.21. The van der Waals surface area contributed by atoms with E-state index in [1.54, 1.807) is 6.26 Å². The molecule has 0 spiro atoms. The van der Waals surface area contributed by atoms with E-state index in [2.05, 4.69) is 25.2 Å². The first kappa shape index (κ1) is 12.7. The first-order chi connectivity index (χ1) is 8.35. The minimum Gasteiger partial charge on any atom is -0.468 e. The van der Waals surface area contributed by atoms with Crippen LogP contribution in [0, 0.1) is 11.8 Å². The quantitative estimate of drug-likeness (QED) is 0.829. The molecule has 1 unspecified atom stereocenters. The van der Waals surface area contributed by atoms with Crippen LogP contribution in [0.5, 0.6) is 0 Å². The van der Waals surface area contributed by atoms with E-state index in [1.165, 1.54) is 32.1 Å². The van der Waals surface area contributed by atoms with Crippen LogP contribution in [0.1, 0.15) is 57.8 Å². The van der Waals surface area contributed by atoms with E-state index in [1.807, 2.05) is 6.07 Å². The lowest BCUT2D eigenvalue weighted by Crippen LogP contribution is -2.30. The minimum atomic E-state index is 0.424. The molecule has 1 N–H and O–H groups in total. The molecule has 0 aromatic carbocycles. The molecule has 1 heterocycles. The fraction of sp³-hybridized carbons (Fsp3) is 0.733. The van der Waals surface area contributed by atoms with Crippen molar-refractivity contribution in [2.45, 2.75) is 52.0 Å². The summed E-state index contributed by atoms with van der Waals surface area (Å²) < 4.78 is 5.59. The van der Waals surface area contributed by atoms with Gasteiger partial charge < -0.3 is 9.73 Å². The Kier molecular flexibility index (Phi) is 4.66. The predicted octanol–water partition coefficient (Wildman–Crippen LogP) is 4.15. The summed E-state index contributed by atoms with van der Waals surface area (Å²) >= 11 is 0. The average Bonchev–Trinajstić information content (AvgIpc) is 2.90. The summed E-state index contributed by atoms with van der Waals surface area (Å²) in [6.45, 7) is 5.51. The van der Waals surface area contributed by atoms with Gasteiger partial charge in [-0.15, -0.1) is 0 Å². The molecule has 2 heteroatoms. The molecule has 1 atom stereocenters. The van der Waals surface area contributed by atoms with Crippen LogP contribution in [0.3, 0.4) is 0 Å². The van der Waals surface area contributed by atoms with Crippen molar-refractivity contribution in [3.63, 3.8) is 0 Å². The first-order valence-electron chi connectivity index (χ1n) is 7.11. The summed E-state index contributed by atoms with van der Waals surface area (Å²) in [7, 11) is 0. The second kappa shape index (κ2) is 6.25. The molecule has 96 valence electrons. The Morgan fingerprint density at radius 2 is 2.06 bits per heavy atom. The van der Waals surface area contributed by atoms with Crippen molar-refractivity contribution in [3.8, 4) is 0 Å². The van der Waals surface area contributed by atoms with Crippen molar-refractivity contribution in [2.75, 3.05) is 6.54 Å². The van der Waals surface area contributed by atoms with Gasteiger partial charge in [-0.3, -0.25) is 0 Å². The molecule has 17 heavy (non-hydrogen) atoms. The zero-order valence-electron chi connectivity index (χ0n) is 11.1. The van der Waals surface area contributed by atoms with Crippen molar-refractivity contribution < 1.29 is 4.42 Å². The molecule has 0 aliphatic heterocycles. The maximum absolute atomic E-state index is 5.59. The summed E-state index contributed by atoms with van der Waals surface area (Å²) in [5.41, 5.74) is 0. The lowest BCUT2D eigenvalue weighted by atomic mass is 9.77. The molecule has 1 aromatic heterocycles. The Hall–Kier alpha value is -0.760. The Balaban J connectivity index is 1.98. The molecule has 0 saturated heterocycles. The van der Waals surface area contributed by atoms with Crippen LogP contribution in [-0.2, 0) is 0 Å². The van der Waals surface area contributed by atoms with E-state index < -0.39 is 0 Å². The highest BCUT2D eigenvalue weighted by Crippen LogP contribution is 2.37.